The number of hydrogen-bond donors (Lipinski definition) is 0. The number of ether oxygens (including phenoxy) is 1. The Morgan fingerprint density at radius 1 is 0.952 bits per heavy atom. The molecule has 0 bridgehead atoms. The van der Waals surface area contributed by atoms with E-state index in [0.29, 0.717) is 5.95 Å². The van der Waals surface area contributed by atoms with Gasteiger partial charge in [0, 0.05) is 31.9 Å². The van der Waals surface area contributed by atoms with E-state index < -0.39 is 0 Å². The van der Waals surface area contributed by atoms with E-state index in [-0.39, 0.29) is 11.3 Å². The molecular formula is C14H16ClN5O. The molecule has 0 N–H and O–H groups in total. The lowest BCUT2D eigenvalue weighted by molar-refractivity contribution is 0.377. The molecule has 0 radical (unpaired) electrons. The maximum Gasteiger partial charge on any atom is 0.322 e. The summed E-state index contributed by atoms with van der Waals surface area (Å²) in [6.45, 7) is 3.49. The van der Waals surface area contributed by atoms with Crippen molar-refractivity contribution < 1.29 is 4.74 Å². The molecule has 1 aliphatic rings. The summed E-state index contributed by atoms with van der Waals surface area (Å²) in [5.41, 5.74) is 1.24. The second-order valence-corrected chi connectivity index (χ2v) is 5.04. The number of hydrogen-bond acceptors (Lipinski definition) is 6. The summed E-state index contributed by atoms with van der Waals surface area (Å²) in [7, 11) is 1.52. The smallest absolute Gasteiger partial charge is 0.322 e. The first-order chi connectivity index (χ1) is 10.3. The average Bonchev–Trinajstić information content (AvgIpc) is 2.55. The van der Waals surface area contributed by atoms with Crippen molar-refractivity contribution in [3.8, 4) is 6.01 Å². The predicted octanol–water partition coefficient (Wildman–Crippen LogP) is 1.86. The first-order valence-corrected chi connectivity index (χ1v) is 7.14. The van der Waals surface area contributed by atoms with Crippen molar-refractivity contribution >= 4 is 23.2 Å². The maximum absolute atomic E-state index is 5.89. The Balaban J connectivity index is 1.70. The van der Waals surface area contributed by atoms with Crippen LogP contribution < -0.4 is 14.5 Å². The number of anilines is 2. The Labute approximate surface area is 128 Å². The molecule has 1 fully saturated rings. The first kappa shape index (κ1) is 13.9. The third kappa shape index (κ3) is 3.16. The fraction of sp³-hybridized carbons (Fsp3) is 0.357. The third-order valence-electron chi connectivity index (χ3n) is 3.44. The van der Waals surface area contributed by atoms with E-state index in [0.717, 1.165) is 26.2 Å². The molecule has 1 saturated heterocycles. The van der Waals surface area contributed by atoms with Gasteiger partial charge >= 0.3 is 6.01 Å². The summed E-state index contributed by atoms with van der Waals surface area (Å²) >= 11 is 5.89. The van der Waals surface area contributed by atoms with Crippen LogP contribution in [0.3, 0.4) is 0 Å². The molecule has 0 amide bonds. The Kier molecular flexibility index (Phi) is 4.06. The van der Waals surface area contributed by atoms with Crippen molar-refractivity contribution in [2.75, 3.05) is 43.1 Å². The highest BCUT2D eigenvalue weighted by molar-refractivity contribution is 6.28. The average molecular weight is 306 g/mol. The Bertz CT molecular complexity index is 602. The van der Waals surface area contributed by atoms with Gasteiger partial charge in [-0.3, -0.25) is 0 Å². The van der Waals surface area contributed by atoms with Gasteiger partial charge in [-0.2, -0.15) is 15.0 Å². The van der Waals surface area contributed by atoms with Crippen LogP contribution in [0.4, 0.5) is 11.6 Å². The van der Waals surface area contributed by atoms with Gasteiger partial charge in [-0.1, -0.05) is 18.2 Å². The largest absolute Gasteiger partial charge is 0.467 e. The molecule has 6 nitrogen and oxygen atoms in total. The molecule has 1 aromatic heterocycles. The lowest BCUT2D eigenvalue weighted by Crippen LogP contribution is -2.47. The van der Waals surface area contributed by atoms with E-state index in [1.54, 1.807) is 0 Å². The van der Waals surface area contributed by atoms with Crippen molar-refractivity contribution in [1.82, 2.24) is 15.0 Å². The zero-order valence-corrected chi connectivity index (χ0v) is 12.5. The minimum Gasteiger partial charge on any atom is -0.467 e. The van der Waals surface area contributed by atoms with Crippen molar-refractivity contribution in [3.63, 3.8) is 0 Å². The number of aromatic nitrogens is 3. The van der Waals surface area contributed by atoms with E-state index >= 15 is 0 Å². The molecule has 2 aromatic rings. The highest BCUT2D eigenvalue weighted by Gasteiger charge is 2.20. The normalized spacial score (nSPS) is 15.1. The molecule has 2 heterocycles. The van der Waals surface area contributed by atoms with Crippen LogP contribution in [0, 0.1) is 0 Å². The summed E-state index contributed by atoms with van der Waals surface area (Å²) in [5.74, 6) is 0.569. The number of para-hydroxylation sites is 1. The highest BCUT2D eigenvalue weighted by Crippen LogP contribution is 2.19. The molecule has 0 saturated carbocycles. The molecule has 7 heteroatoms. The minimum absolute atomic E-state index is 0.155. The molecule has 3 rings (SSSR count). The van der Waals surface area contributed by atoms with Crippen molar-refractivity contribution in [2.24, 2.45) is 0 Å². The summed E-state index contributed by atoms with van der Waals surface area (Å²) in [6, 6.07) is 10.6. The number of piperazine rings is 1. The number of rotatable bonds is 3. The molecule has 0 aliphatic carbocycles. The van der Waals surface area contributed by atoms with E-state index in [1.165, 1.54) is 12.8 Å². The number of benzene rings is 1. The predicted molar refractivity (Wildman–Crippen MR) is 82.3 cm³/mol. The van der Waals surface area contributed by atoms with Gasteiger partial charge in [-0.25, -0.2) is 0 Å². The van der Waals surface area contributed by atoms with Crippen molar-refractivity contribution in [3.05, 3.63) is 35.6 Å². The lowest BCUT2D eigenvalue weighted by Gasteiger charge is -2.36. The summed E-state index contributed by atoms with van der Waals surface area (Å²) < 4.78 is 5.03. The Morgan fingerprint density at radius 3 is 2.29 bits per heavy atom. The SMILES string of the molecule is COc1nc(Cl)nc(N2CCN(c3ccccc3)CC2)n1. The van der Waals surface area contributed by atoms with E-state index in [9.17, 15) is 0 Å². The zero-order chi connectivity index (χ0) is 14.7. The quantitative estimate of drug-likeness (QED) is 0.863. The zero-order valence-electron chi connectivity index (χ0n) is 11.7. The van der Waals surface area contributed by atoms with Crippen LogP contribution in [0.2, 0.25) is 5.28 Å². The van der Waals surface area contributed by atoms with Crippen LogP contribution in [0.1, 0.15) is 0 Å². The molecule has 0 atom stereocenters. The van der Waals surface area contributed by atoms with E-state index in [4.69, 9.17) is 16.3 Å². The molecule has 1 aliphatic heterocycles. The minimum atomic E-state index is 0.155. The molecule has 110 valence electrons. The van der Waals surface area contributed by atoms with Crippen LogP contribution in [0.5, 0.6) is 6.01 Å². The number of methoxy groups -OCH3 is 1. The van der Waals surface area contributed by atoms with E-state index in [2.05, 4.69) is 49.0 Å². The van der Waals surface area contributed by atoms with Gasteiger partial charge in [-0.05, 0) is 23.7 Å². The topological polar surface area (TPSA) is 54.4 Å². The second kappa shape index (κ2) is 6.13. The lowest BCUT2D eigenvalue weighted by atomic mass is 10.2. The summed E-state index contributed by atoms with van der Waals surface area (Å²) in [4.78, 5) is 16.8. The van der Waals surface area contributed by atoms with Crippen molar-refractivity contribution in [1.29, 1.82) is 0 Å². The number of halogens is 1. The van der Waals surface area contributed by atoms with Crippen LogP contribution in [0.25, 0.3) is 0 Å². The molecule has 0 spiro atoms. The summed E-state index contributed by atoms with van der Waals surface area (Å²) in [5, 5.41) is 0.155. The second-order valence-electron chi connectivity index (χ2n) is 4.70. The van der Waals surface area contributed by atoms with Gasteiger partial charge < -0.3 is 14.5 Å². The monoisotopic (exact) mass is 305 g/mol. The van der Waals surface area contributed by atoms with Gasteiger partial charge in [0.2, 0.25) is 11.2 Å². The van der Waals surface area contributed by atoms with Gasteiger partial charge in [0.15, 0.2) is 0 Å². The summed E-state index contributed by atoms with van der Waals surface area (Å²) in [6.07, 6.45) is 0. The number of nitrogens with zero attached hydrogens (tertiary/aromatic N) is 5. The fourth-order valence-electron chi connectivity index (χ4n) is 2.36. The van der Waals surface area contributed by atoms with Crippen molar-refractivity contribution in [2.45, 2.75) is 0 Å². The molecule has 0 unspecified atom stereocenters. The van der Waals surface area contributed by atoms with Crippen LogP contribution in [0.15, 0.2) is 30.3 Å². The molecule has 1 aromatic carbocycles. The first-order valence-electron chi connectivity index (χ1n) is 6.77. The third-order valence-corrected chi connectivity index (χ3v) is 3.61. The van der Waals surface area contributed by atoms with Crippen LogP contribution >= 0.6 is 11.6 Å². The van der Waals surface area contributed by atoms with E-state index in [1.807, 2.05) is 6.07 Å². The van der Waals surface area contributed by atoms with Crippen LogP contribution in [-0.2, 0) is 0 Å². The van der Waals surface area contributed by atoms with Gasteiger partial charge in [-0.15, -0.1) is 0 Å². The standard InChI is InChI=1S/C14H16ClN5O/c1-21-14-17-12(15)16-13(18-14)20-9-7-19(8-10-20)11-5-3-2-4-6-11/h2-6H,7-10H2,1H3. The highest BCUT2D eigenvalue weighted by atomic mass is 35.5. The fourth-order valence-corrected chi connectivity index (χ4v) is 2.51. The van der Waals surface area contributed by atoms with Crippen LogP contribution in [-0.4, -0.2) is 48.2 Å². The van der Waals surface area contributed by atoms with Gasteiger partial charge in [0.05, 0.1) is 7.11 Å². The van der Waals surface area contributed by atoms with Gasteiger partial charge in [0.25, 0.3) is 0 Å². The maximum atomic E-state index is 5.89. The Morgan fingerprint density at radius 2 is 1.62 bits per heavy atom. The molecule has 21 heavy (non-hydrogen) atoms. The Hall–Kier alpha value is -2.08. The molecular weight excluding hydrogens is 290 g/mol. The van der Waals surface area contributed by atoms with Gasteiger partial charge in [0.1, 0.15) is 0 Å².